The van der Waals surface area contributed by atoms with Gasteiger partial charge >= 0.3 is 0 Å². The molecule has 0 aliphatic carbocycles. The molecule has 2 atom stereocenters. The zero-order valence-electron chi connectivity index (χ0n) is 15.8. The number of sulfone groups is 1. The van der Waals surface area contributed by atoms with Gasteiger partial charge in [-0.25, -0.2) is 12.8 Å². The van der Waals surface area contributed by atoms with Crippen LogP contribution in [0, 0.1) is 5.82 Å². The van der Waals surface area contributed by atoms with Crippen LogP contribution in [0.1, 0.15) is 38.6 Å². The monoisotopic (exact) mass is 396 g/mol. The number of hydrogen-bond acceptors (Lipinski definition) is 6. The van der Waals surface area contributed by atoms with E-state index in [1.54, 1.807) is 25.1 Å². The van der Waals surface area contributed by atoms with Gasteiger partial charge in [-0.1, -0.05) is 12.1 Å². The summed E-state index contributed by atoms with van der Waals surface area (Å²) in [5.74, 6) is 0.938. The third kappa shape index (κ3) is 4.23. The highest BCUT2D eigenvalue weighted by Gasteiger charge is 2.31. The van der Waals surface area contributed by atoms with Crippen molar-refractivity contribution in [3.63, 3.8) is 0 Å². The van der Waals surface area contributed by atoms with E-state index in [-0.39, 0.29) is 5.75 Å². The summed E-state index contributed by atoms with van der Waals surface area (Å²) in [6.45, 7) is 5.49. The lowest BCUT2D eigenvalue weighted by atomic mass is 10.1. The van der Waals surface area contributed by atoms with Crippen LogP contribution in [0.25, 0.3) is 0 Å². The van der Waals surface area contributed by atoms with Gasteiger partial charge in [-0.3, -0.25) is 4.57 Å². The Bertz CT molecular complexity index is 900. The second-order valence-electron chi connectivity index (χ2n) is 6.83. The van der Waals surface area contributed by atoms with Gasteiger partial charge in [0.1, 0.15) is 0 Å². The molecule has 0 bridgehead atoms. The van der Waals surface area contributed by atoms with E-state index in [0.717, 1.165) is 13.0 Å². The minimum Gasteiger partial charge on any atom is -0.480 e. The molecule has 3 rings (SSSR count). The summed E-state index contributed by atoms with van der Waals surface area (Å²) in [5.41, 5.74) is 0. The van der Waals surface area contributed by atoms with Gasteiger partial charge in [0.15, 0.2) is 33.3 Å². The maximum absolute atomic E-state index is 13.9. The van der Waals surface area contributed by atoms with Crippen LogP contribution in [0.4, 0.5) is 10.3 Å². The van der Waals surface area contributed by atoms with Crippen molar-refractivity contribution < 1.29 is 17.5 Å². The van der Waals surface area contributed by atoms with Crippen molar-refractivity contribution in [3.8, 4) is 5.75 Å². The first-order valence-corrected chi connectivity index (χ1v) is 11.0. The van der Waals surface area contributed by atoms with Crippen molar-refractivity contribution in [3.05, 3.63) is 35.9 Å². The first kappa shape index (κ1) is 19.6. The van der Waals surface area contributed by atoms with Crippen molar-refractivity contribution in [1.82, 2.24) is 14.8 Å². The molecule has 1 aromatic carbocycles. The number of aromatic nitrogens is 3. The molecule has 0 spiro atoms. The van der Waals surface area contributed by atoms with Gasteiger partial charge in [-0.2, -0.15) is 0 Å². The van der Waals surface area contributed by atoms with Gasteiger partial charge in [0, 0.05) is 25.9 Å². The molecule has 1 aliphatic rings. The van der Waals surface area contributed by atoms with Gasteiger partial charge in [0.05, 0.1) is 5.25 Å². The maximum Gasteiger partial charge on any atom is 0.227 e. The Morgan fingerprint density at radius 3 is 2.74 bits per heavy atom. The first-order valence-electron chi connectivity index (χ1n) is 9.09. The summed E-state index contributed by atoms with van der Waals surface area (Å²) in [7, 11) is -3.11. The molecule has 1 fully saturated rings. The lowest BCUT2D eigenvalue weighted by Gasteiger charge is -2.32. The number of rotatable bonds is 6. The number of anilines is 1. The predicted octanol–water partition coefficient (Wildman–Crippen LogP) is 2.59. The van der Waals surface area contributed by atoms with Crippen LogP contribution >= 0.6 is 0 Å². The summed E-state index contributed by atoms with van der Waals surface area (Å²) in [4.78, 5) is 1.96. The Hall–Kier alpha value is -2.16. The van der Waals surface area contributed by atoms with E-state index in [9.17, 15) is 12.8 Å². The zero-order valence-corrected chi connectivity index (χ0v) is 16.6. The summed E-state index contributed by atoms with van der Waals surface area (Å²) in [6, 6.07) is 6.23. The van der Waals surface area contributed by atoms with Crippen LogP contribution in [-0.2, 0) is 16.4 Å². The summed E-state index contributed by atoms with van der Waals surface area (Å²) >= 11 is 0. The molecule has 1 saturated heterocycles. The molecule has 7 nitrogen and oxygen atoms in total. The molecule has 0 unspecified atom stereocenters. The first-order chi connectivity index (χ1) is 12.8. The molecule has 2 heterocycles. The van der Waals surface area contributed by atoms with Crippen molar-refractivity contribution in [2.75, 3.05) is 24.2 Å². The maximum atomic E-state index is 13.9. The number of hydrogen-bond donors (Lipinski definition) is 0. The van der Waals surface area contributed by atoms with E-state index in [4.69, 9.17) is 4.74 Å². The van der Waals surface area contributed by atoms with Crippen molar-refractivity contribution in [1.29, 1.82) is 0 Å². The predicted molar refractivity (Wildman–Crippen MR) is 101 cm³/mol. The molecule has 27 heavy (non-hydrogen) atoms. The minimum atomic E-state index is -3.11. The Morgan fingerprint density at radius 1 is 1.33 bits per heavy atom. The lowest BCUT2D eigenvalue weighted by Crippen LogP contribution is -2.43. The largest absolute Gasteiger partial charge is 0.480 e. The van der Waals surface area contributed by atoms with Crippen LogP contribution in [0.15, 0.2) is 24.3 Å². The normalized spacial score (nSPS) is 19.1. The van der Waals surface area contributed by atoms with Gasteiger partial charge in [-0.15, -0.1) is 10.2 Å². The van der Waals surface area contributed by atoms with Crippen LogP contribution in [0.3, 0.4) is 0 Å². The van der Waals surface area contributed by atoms with Crippen LogP contribution < -0.4 is 9.64 Å². The van der Waals surface area contributed by atoms with E-state index in [1.165, 1.54) is 12.3 Å². The number of halogens is 1. The Kier molecular flexibility index (Phi) is 5.69. The second kappa shape index (κ2) is 7.84. The fourth-order valence-electron chi connectivity index (χ4n) is 3.40. The highest BCUT2D eigenvalue weighted by atomic mass is 32.2. The molecule has 9 heteroatoms. The number of benzene rings is 1. The van der Waals surface area contributed by atoms with Crippen molar-refractivity contribution in [2.45, 2.75) is 44.6 Å². The van der Waals surface area contributed by atoms with Crippen LogP contribution in [-0.4, -0.2) is 47.8 Å². The lowest BCUT2D eigenvalue weighted by molar-refractivity contribution is 0.201. The summed E-state index contributed by atoms with van der Waals surface area (Å²) in [5, 5.41) is 8.13. The molecule has 1 aromatic heterocycles. The van der Waals surface area contributed by atoms with E-state index >= 15 is 0 Å². The van der Waals surface area contributed by atoms with E-state index in [1.807, 2.05) is 16.4 Å². The standard InChI is InChI=1S/C18H25FN4O3S/c1-4-23-17(13(2)26-16-10-6-5-9-15(16)19)20-21-18(23)22-11-7-8-14(12-22)27(3,24)25/h5-6,9-10,13-14H,4,7-8,11-12H2,1-3H3/t13-,14-/m1/s1. The van der Waals surface area contributed by atoms with Crippen LogP contribution in [0.2, 0.25) is 0 Å². The molecular formula is C18H25FN4O3S. The van der Waals surface area contributed by atoms with Gasteiger partial charge in [0.2, 0.25) is 5.95 Å². The Balaban J connectivity index is 1.83. The molecule has 0 radical (unpaired) electrons. The van der Waals surface area contributed by atoms with Gasteiger partial charge in [0.25, 0.3) is 0 Å². The fourth-order valence-corrected chi connectivity index (χ4v) is 4.44. The molecule has 148 valence electrons. The van der Waals surface area contributed by atoms with Crippen LogP contribution in [0.5, 0.6) is 5.75 Å². The summed E-state index contributed by atoms with van der Waals surface area (Å²) < 4.78 is 45.4. The number of ether oxygens (including phenoxy) is 1. The number of para-hydroxylation sites is 1. The molecule has 0 N–H and O–H groups in total. The van der Waals surface area contributed by atoms with Gasteiger partial charge in [-0.05, 0) is 38.8 Å². The zero-order chi connectivity index (χ0) is 19.6. The number of piperidine rings is 1. The highest BCUT2D eigenvalue weighted by molar-refractivity contribution is 7.91. The van der Waals surface area contributed by atoms with E-state index < -0.39 is 27.0 Å². The SMILES string of the molecule is CCn1c([C@@H](C)Oc2ccccc2F)nnc1N1CCC[C@@H](S(C)(=O)=O)C1. The van der Waals surface area contributed by atoms with E-state index in [0.29, 0.717) is 31.3 Å². The second-order valence-corrected chi connectivity index (χ2v) is 9.16. The number of nitrogens with zero attached hydrogens (tertiary/aromatic N) is 4. The van der Waals surface area contributed by atoms with Crippen molar-refractivity contribution in [2.24, 2.45) is 0 Å². The smallest absolute Gasteiger partial charge is 0.227 e. The quantitative estimate of drug-likeness (QED) is 0.747. The van der Waals surface area contributed by atoms with Crippen molar-refractivity contribution >= 4 is 15.8 Å². The average molecular weight is 396 g/mol. The Labute approximate surface area is 159 Å². The molecule has 1 aliphatic heterocycles. The van der Waals surface area contributed by atoms with Gasteiger partial charge < -0.3 is 9.64 Å². The third-order valence-electron chi connectivity index (χ3n) is 4.85. The molecule has 0 saturated carbocycles. The third-order valence-corrected chi connectivity index (χ3v) is 6.44. The minimum absolute atomic E-state index is 0.160. The summed E-state index contributed by atoms with van der Waals surface area (Å²) in [6.07, 6.45) is 2.22. The fraction of sp³-hybridized carbons (Fsp3) is 0.556. The van der Waals surface area contributed by atoms with E-state index in [2.05, 4.69) is 10.2 Å². The Morgan fingerprint density at radius 2 is 2.07 bits per heavy atom. The highest BCUT2D eigenvalue weighted by Crippen LogP contribution is 2.27. The molecule has 2 aromatic rings. The average Bonchev–Trinajstić information content (AvgIpc) is 3.07. The topological polar surface area (TPSA) is 77.3 Å². The molecular weight excluding hydrogens is 371 g/mol. The molecule has 0 amide bonds.